The number of nitrogens with zero attached hydrogens (tertiary/aromatic N) is 4. The molecule has 1 heterocycles. The first-order chi connectivity index (χ1) is 11.7. The lowest BCUT2D eigenvalue weighted by Crippen LogP contribution is -2.39. The Morgan fingerprint density at radius 1 is 1.33 bits per heavy atom. The Labute approximate surface area is 143 Å². The molecule has 0 spiro atoms. The molecule has 24 heavy (non-hydrogen) atoms. The molecule has 7 nitrogen and oxygen atoms in total. The van der Waals surface area contributed by atoms with Crippen LogP contribution < -0.4 is 15.4 Å². The number of ether oxygens (including phenoxy) is 1. The van der Waals surface area contributed by atoms with Crippen LogP contribution >= 0.6 is 0 Å². The number of aliphatic imine (C=N–C) groups is 1. The lowest BCUT2D eigenvalue weighted by Gasteiger charge is -2.18. The first kappa shape index (κ1) is 17.8. The van der Waals surface area contributed by atoms with Crippen molar-refractivity contribution in [3.63, 3.8) is 0 Å². The summed E-state index contributed by atoms with van der Waals surface area (Å²) in [4.78, 5) is 8.75. The van der Waals surface area contributed by atoms with Gasteiger partial charge in [-0.05, 0) is 18.6 Å². The monoisotopic (exact) mass is 330 g/mol. The third-order valence-electron chi connectivity index (χ3n) is 3.77. The Morgan fingerprint density at radius 3 is 2.79 bits per heavy atom. The quantitative estimate of drug-likeness (QED) is 0.597. The van der Waals surface area contributed by atoms with Gasteiger partial charge in [0.25, 0.3) is 0 Å². The fourth-order valence-corrected chi connectivity index (χ4v) is 2.39. The molecule has 0 saturated carbocycles. The number of hydrogen-bond acceptors (Lipinski definition) is 4. The third kappa shape index (κ3) is 4.71. The summed E-state index contributed by atoms with van der Waals surface area (Å²) in [7, 11) is 3.56. The SMILES string of the molecule is CCNC(=NCc1ncnn1C)NCC(C)c1ccccc1OC. The maximum absolute atomic E-state index is 5.44. The van der Waals surface area contributed by atoms with Gasteiger partial charge in [-0.25, -0.2) is 9.98 Å². The zero-order valence-electron chi connectivity index (χ0n) is 14.8. The molecule has 0 bridgehead atoms. The van der Waals surface area contributed by atoms with E-state index in [4.69, 9.17) is 4.74 Å². The topological polar surface area (TPSA) is 76.4 Å². The second-order valence-corrected chi connectivity index (χ2v) is 5.52. The summed E-state index contributed by atoms with van der Waals surface area (Å²) in [5.41, 5.74) is 1.18. The molecule has 2 aromatic rings. The molecular weight excluding hydrogens is 304 g/mol. The lowest BCUT2D eigenvalue weighted by atomic mass is 10.0. The number of aromatic nitrogens is 3. The minimum absolute atomic E-state index is 0.292. The van der Waals surface area contributed by atoms with Crippen molar-refractivity contribution in [2.24, 2.45) is 12.0 Å². The van der Waals surface area contributed by atoms with Crippen LogP contribution in [0, 0.1) is 0 Å². The normalized spacial score (nSPS) is 12.8. The molecule has 0 radical (unpaired) electrons. The Morgan fingerprint density at radius 2 is 2.12 bits per heavy atom. The van der Waals surface area contributed by atoms with Gasteiger partial charge in [0.15, 0.2) is 5.96 Å². The Hall–Kier alpha value is -2.57. The van der Waals surface area contributed by atoms with Gasteiger partial charge in [-0.3, -0.25) is 4.68 Å². The number of para-hydroxylation sites is 1. The zero-order valence-corrected chi connectivity index (χ0v) is 14.8. The van der Waals surface area contributed by atoms with Crippen LogP contribution in [0.1, 0.15) is 31.2 Å². The summed E-state index contributed by atoms with van der Waals surface area (Å²) < 4.78 is 7.17. The maximum Gasteiger partial charge on any atom is 0.191 e. The van der Waals surface area contributed by atoms with Crippen molar-refractivity contribution in [2.45, 2.75) is 26.3 Å². The average molecular weight is 330 g/mol. The molecule has 0 saturated heterocycles. The van der Waals surface area contributed by atoms with E-state index in [2.05, 4.69) is 38.7 Å². The van der Waals surface area contributed by atoms with Crippen molar-refractivity contribution >= 4 is 5.96 Å². The molecule has 2 N–H and O–H groups in total. The van der Waals surface area contributed by atoms with E-state index in [1.807, 2.05) is 32.2 Å². The van der Waals surface area contributed by atoms with Crippen LogP contribution in [0.25, 0.3) is 0 Å². The number of benzene rings is 1. The summed E-state index contributed by atoms with van der Waals surface area (Å²) in [6, 6.07) is 8.09. The van der Waals surface area contributed by atoms with Crippen molar-refractivity contribution in [1.29, 1.82) is 0 Å². The first-order valence-electron chi connectivity index (χ1n) is 8.13. The molecule has 1 unspecified atom stereocenters. The molecule has 1 aromatic carbocycles. The molecular formula is C17H26N6O. The van der Waals surface area contributed by atoms with E-state index in [-0.39, 0.29) is 0 Å². The number of rotatable bonds is 7. The number of guanidine groups is 1. The number of methoxy groups -OCH3 is 1. The summed E-state index contributed by atoms with van der Waals surface area (Å²) in [5.74, 6) is 2.79. The standard InChI is InChI=1S/C17H26N6O/c1-5-18-17(20-11-16-21-12-22-23(16)3)19-10-13(2)14-8-6-7-9-15(14)24-4/h6-9,12-13H,5,10-11H2,1-4H3,(H2,18,19,20). The van der Waals surface area contributed by atoms with E-state index in [1.54, 1.807) is 11.8 Å². The van der Waals surface area contributed by atoms with E-state index in [1.165, 1.54) is 11.9 Å². The summed E-state index contributed by atoms with van der Waals surface area (Å²) in [6.07, 6.45) is 1.54. The molecule has 7 heteroatoms. The summed E-state index contributed by atoms with van der Waals surface area (Å²) >= 11 is 0. The fourth-order valence-electron chi connectivity index (χ4n) is 2.39. The van der Waals surface area contributed by atoms with Crippen LogP contribution in [0.3, 0.4) is 0 Å². The second kappa shape index (κ2) is 8.90. The molecule has 1 aromatic heterocycles. The summed E-state index contributed by atoms with van der Waals surface area (Å²) in [6.45, 7) is 6.24. The predicted molar refractivity (Wildman–Crippen MR) is 95.2 cm³/mol. The number of aryl methyl sites for hydroxylation is 1. The van der Waals surface area contributed by atoms with Crippen LogP contribution in [0.2, 0.25) is 0 Å². The van der Waals surface area contributed by atoms with Gasteiger partial charge in [0.1, 0.15) is 24.4 Å². The third-order valence-corrected chi connectivity index (χ3v) is 3.77. The van der Waals surface area contributed by atoms with Crippen LogP contribution in [-0.4, -0.2) is 40.9 Å². The van der Waals surface area contributed by atoms with Crippen molar-refractivity contribution in [1.82, 2.24) is 25.4 Å². The number of nitrogens with one attached hydrogen (secondary N) is 2. The van der Waals surface area contributed by atoms with Crippen LogP contribution in [0.4, 0.5) is 0 Å². The Bertz CT molecular complexity index is 667. The fraction of sp³-hybridized carbons (Fsp3) is 0.471. The van der Waals surface area contributed by atoms with E-state index < -0.39 is 0 Å². The highest BCUT2D eigenvalue weighted by molar-refractivity contribution is 5.79. The molecule has 130 valence electrons. The first-order valence-corrected chi connectivity index (χ1v) is 8.13. The predicted octanol–water partition coefficient (Wildman–Crippen LogP) is 1.68. The maximum atomic E-state index is 5.44. The van der Waals surface area contributed by atoms with Crippen LogP contribution in [0.5, 0.6) is 5.75 Å². The second-order valence-electron chi connectivity index (χ2n) is 5.52. The van der Waals surface area contributed by atoms with E-state index in [0.717, 1.165) is 30.6 Å². The van der Waals surface area contributed by atoms with Gasteiger partial charge in [-0.2, -0.15) is 5.10 Å². The van der Waals surface area contributed by atoms with Gasteiger partial charge < -0.3 is 15.4 Å². The van der Waals surface area contributed by atoms with Crippen LogP contribution in [-0.2, 0) is 13.6 Å². The van der Waals surface area contributed by atoms with Gasteiger partial charge >= 0.3 is 0 Å². The average Bonchev–Trinajstić information content (AvgIpc) is 3.02. The van der Waals surface area contributed by atoms with Gasteiger partial charge in [0, 0.05) is 26.1 Å². The molecule has 0 aliphatic carbocycles. The molecule has 0 fully saturated rings. The van der Waals surface area contributed by atoms with Gasteiger partial charge in [-0.15, -0.1) is 0 Å². The lowest BCUT2D eigenvalue weighted by molar-refractivity contribution is 0.406. The molecule has 0 amide bonds. The van der Waals surface area contributed by atoms with E-state index >= 15 is 0 Å². The highest BCUT2D eigenvalue weighted by Crippen LogP contribution is 2.25. The minimum Gasteiger partial charge on any atom is -0.496 e. The van der Waals surface area contributed by atoms with Crippen molar-refractivity contribution in [3.8, 4) is 5.75 Å². The summed E-state index contributed by atoms with van der Waals surface area (Å²) in [5, 5.41) is 10.7. The Balaban J connectivity index is 1.99. The van der Waals surface area contributed by atoms with Gasteiger partial charge in [-0.1, -0.05) is 25.1 Å². The highest BCUT2D eigenvalue weighted by Gasteiger charge is 2.11. The molecule has 1 atom stereocenters. The van der Waals surface area contributed by atoms with Crippen molar-refractivity contribution < 1.29 is 4.74 Å². The van der Waals surface area contributed by atoms with Gasteiger partial charge in [0.2, 0.25) is 0 Å². The zero-order chi connectivity index (χ0) is 17.4. The van der Waals surface area contributed by atoms with Gasteiger partial charge in [0.05, 0.1) is 7.11 Å². The number of hydrogen-bond donors (Lipinski definition) is 2. The van der Waals surface area contributed by atoms with E-state index in [0.29, 0.717) is 12.5 Å². The molecule has 2 rings (SSSR count). The minimum atomic E-state index is 0.292. The molecule has 0 aliphatic rings. The largest absolute Gasteiger partial charge is 0.496 e. The van der Waals surface area contributed by atoms with Crippen molar-refractivity contribution in [3.05, 3.63) is 42.0 Å². The highest BCUT2D eigenvalue weighted by atomic mass is 16.5. The Kier molecular flexibility index (Phi) is 6.60. The smallest absolute Gasteiger partial charge is 0.191 e. The van der Waals surface area contributed by atoms with Crippen LogP contribution in [0.15, 0.2) is 35.6 Å². The molecule has 0 aliphatic heterocycles. The van der Waals surface area contributed by atoms with E-state index in [9.17, 15) is 0 Å². The van der Waals surface area contributed by atoms with Crippen molar-refractivity contribution in [2.75, 3.05) is 20.2 Å².